The van der Waals surface area contributed by atoms with Crippen LogP contribution in [0.1, 0.15) is 37.7 Å². The topological polar surface area (TPSA) is 103 Å². The van der Waals surface area contributed by atoms with Crippen molar-refractivity contribution in [1.29, 1.82) is 5.26 Å². The molecule has 226 valence electrons. The molecule has 2 unspecified atom stereocenters. The molecule has 4 aliphatic rings. The zero-order valence-corrected chi connectivity index (χ0v) is 25.4. The molecule has 4 saturated heterocycles. The predicted octanol–water partition coefficient (Wildman–Crippen LogP) is 6.17. The largest absolute Gasteiger partial charge is 0.427 e. The zero-order chi connectivity index (χ0) is 30.3. The number of thiophene rings is 1. The normalized spacial score (nSPS) is 26.4. The van der Waals surface area contributed by atoms with Gasteiger partial charge in [0.25, 0.3) is 0 Å². The third-order valence-electron chi connectivity index (χ3n) is 9.81. The van der Waals surface area contributed by atoms with Gasteiger partial charge in [-0.2, -0.15) is 15.2 Å². The molecule has 2 bridgehead atoms. The Morgan fingerprint density at radius 3 is 2.77 bits per heavy atom. The lowest BCUT2D eigenvalue weighted by atomic mass is 9.92. The van der Waals surface area contributed by atoms with Crippen molar-refractivity contribution in [3.05, 3.63) is 53.0 Å². The quantitative estimate of drug-likeness (QED) is 0.252. The Labute approximate surface area is 262 Å². The van der Waals surface area contributed by atoms with Crippen LogP contribution in [0.3, 0.4) is 0 Å². The molecule has 44 heavy (non-hydrogen) atoms. The molecule has 3 N–H and O–H groups in total. The van der Waals surface area contributed by atoms with Gasteiger partial charge in [0.05, 0.1) is 21.3 Å². The van der Waals surface area contributed by atoms with Crippen molar-refractivity contribution in [2.45, 2.75) is 55.9 Å². The van der Waals surface area contributed by atoms with E-state index in [0.29, 0.717) is 68.4 Å². The molecule has 4 aromatic rings. The van der Waals surface area contributed by atoms with Crippen LogP contribution in [0.15, 0.2) is 36.6 Å². The number of alkyl halides is 1. The van der Waals surface area contributed by atoms with Crippen molar-refractivity contribution >= 4 is 54.7 Å². The average molecular weight is 634 g/mol. The summed E-state index contributed by atoms with van der Waals surface area (Å²) in [7, 11) is 0. The number of ether oxygens (including phenoxy) is 1. The number of hydrogen-bond acceptors (Lipinski definition) is 9. The Balaban J connectivity index is 1.28. The molecule has 12 heteroatoms. The van der Waals surface area contributed by atoms with Gasteiger partial charge in [0.2, 0.25) is 0 Å². The van der Waals surface area contributed by atoms with Crippen LogP contribution in [-0.2, 0) is 0 Å². The van der Waals surface area contributed by atoms with Gasteiger partial charge in [-0.05, 0) is 56.0 Å². The number of benzene rings is 2. The lowest BCUT2D eigenvalue weighted by Crippen LogP contribution is -2.51. The SMILES string of the molecule is C=C(Oc1nc(N2CC3CCC(C2)N3)c2cc(Cl)c(-c3ccc(F)c4sc(N)c(C#N)c34)cc2n1)[C@@]12CCCN1C[C@H](F)C2. The van der Waals surface area contributed by atoms with E-state index in [2.05, 4.69) is 27.8 Å². The molecule has 2 aromatic heterocycles. The summed E-state index contributed by atoms with van der Waals surface area (Å²) in [6, 6.07) is 9.65. The summed E-state index contributed by atoms with van der Waals surface area (Å²) >= 11 is 8.01. The molecule has 6 heterocycles. The summed E-state index contributed by atoms with van der Waals surface area (Å²) in [5.74, 6) is 0.721. The number of nitriles is 1. The van der Waals surface area contributed by atoms with E-state index >= 15 is 0 Å². The second-order valence-corrected chi connectivity index (χ2v) is 13.8. The number of halogens is 3. The van der Waals surface area contributed by atoms with Crippen LogP contribution in [0.5, 0.6) is 6.01 Å². The van der Waals surface area contributed by atoms with Gasteiger partial charge >= 0.3 is 6.01 Å². The van der Waals surface area contributed by atoms with Crippen molar-refractivity contribution < 1.29 is 13.5 Å². The Morgan fingerprint density at radius 1 is 1.20 bits per heavy atom. The molecule has 0 aliphatic carbocycles. The second-order valence-electron chi connectivity index (χ2n) is 12.4. The van der Waals surface area contributed by atoms with Crippen LogP contribution >= 0.6 is 22.9 Å². The predicted molar refractivity (Wildman–Crippen MR) is 169 cm³/mol. The highest BCUT2D eigenvalue weighted by molar-refractivity contribution is 7.23. The Kier molecular flexibility index (Phi) is 6.50. The van der Waals surface area contributed by atoms with E-state index in [1.807, 2.05) is 12.1 Å². The molecule has 8 nitrogen and oxygen atoms in total. The summed E-state index contributed by atoms with van der Waals surface area (Å²) in [5.41, 5.74) is 7.53. The summed E-state index contributed by atoms with van der Waals surface area (Å²) < 4.78 is 36.1. The molecular formula is C32H30ClF2N7OS. The van der Waals surface area contributed by atoms with Gasteiger partial charge in [0, 0.05) is 59.5 Å². The van der Waals surface area contributed by atoms with Crippen molar-refractivity contribution in [2.24, 2.45) is 0 Å². The van der Waals surface area contributed by atoms with E-state index < -0.39 is 17.5 Å². The zero-order valence-electron chi connectivity index (χ0n) is 23.9. The fourth-order valence-corrected chi connectivity index (χ4v) is 9.05. The standard InChI is InChI=1S/C32H30ClF2N7OS/c1-16(32-7-2-8-42(32)13-17(34)11-32)43-31-39-26-10-21(20-5-6-25(35)28-27(20)23(12-36)29(37)44-28)24(33)9-22(26)30(40-31)41-14-18-3-4-19(15-41)38-18/h5-6,9-10,17-19,38H,1-4,7-8,11,13-15,37H2/t17-,18?,19?,32+/m1/s1. The number of nitrogens with two attached hydrogens (primary N) is 1. The van der Waals surface area contributed by atoms with Gasteiger partial charge in [0.15, 0.2) is 0 Å². The van der Waals surface area contributed by atoms with Gasteiger partial charge in [0.1, 0.15) is 34.6 Å². The van der Waals surface area contributed by atoms with Crippen LogP contribution in [-0.4, -0.2) is 64.8 Å². The molecule has 4 fully saturated rings. The van der Waals surface area contributed by atoms with Crippen molar-refractivity contribution in [1.82, 2.24) is 20.2 Å². The third-order valence-corrected chi connectivity index (χ3v) is 11.2. The Hall–Kier alpha value is -3.56. The van der Waals surface area contributed by atoms with Gasteiger partial charge < -0.3 is 20.7 Å². The molecule has 0 spiro atoms. The molecule has 0 amide bonds. The number of nitrogen functional groups attached to an aromatic ring is 1. The Morgan fingerprint density at radius 2 is 2.00 bits per heavy atom. The lowest BCUT2D eigenvalue weighted by molar-refractivity contribution is 0.171. The number of fused-ring (bicyclic) bond motifs is 5. The maximum atomic E-state index is 14.8. The number of anilines is 2. The first-order chi connectivity index (χ1) is 21.2. The van der Waals surface area contributed by atoms with Crippen LogP contribution in [0.2, 0.25) is 5.02 Å². The van der Waals surface area contributed by atoms with Gasteiger partial charge in [-0.25, -0.2) is 8.78 Å². The van der Waals surface area contributed by atoms with E-state index in [1.165, 1.54) is 6.07 Å². The van der Waals surface area contributed by atoms with Crippen LogP contribution in [0.4, 0.5) is 19.6 Å². The van der Waals surface area contributed by atoms with Gasteiger partial charge in [-0.15, -0.1) is 11.3 Å². The molecule has 4 atom stereocenters. The van der Waals surface area contributed by atoms with Gasteiger partial charge in [-0.1, -0.05) is 24.2 Å². The highest BCUT2D eigenvalue weighted by atomic mass is 35.5. The molecule has 0 radical (unpaired) electrons. The van der Waals surface area contributed by atoms with E-state index in [1.54, 1.807) is 6.07 Å². The van der Waals surface area contributed by atoms with E-state index in [0.717, 1.165) is 62.0 Å². The smallest absolute Gasteiger partial charge is 0.324 e. The van der Waals surface area contributed by atoms with E-state index in [4.69, 9.17) is 32.0 Å². The number of aromatic nitrogens is 2. The molecule has 4 aliphatic heterocycles. The average Bonchev–Trinajstić information content (AvgIpc) is 3.73. The fourth-order valence-electron chi connectivity index (χ4n) is 7.84. The minimum absolute atomic E-state index is 0.141. The molecule has 8 rings (SSSR count). The highest BCUT2D eigenvalue weighted by Gasteiger charge is 2.52. The van der Waals surface area contributed by atoms with Crippen LogP contribution in [0, 0.1) is 17.1 Å². The number of piperazine rings is 1. The Bertz CT molecular complexity index is 1900. The molecule has 2 aromatic carbocycles. The molecular weight excluding hydrogens is 604 g/mol. The van der Waals surface area contributed by atoms with Crippen LogP contribution in [0.25, 0.3) is 32.1 Å². The van der Waals surface area contributed by atoms with Crippen LogP contribution < -0.4 is 20.7 Å². The summed E-state index contributed by atoms with van der Waals surface area (Å²) in [5, 5.41) is 15.4. The van der Waals surface area contributed by atoms with E-state index in [-0.39, 0.29) is 16.6 Å². The number of nitrogens with one attached hydrogen (secondary N) is 1. The highest BCUT2D eigenvalue weighted by Crippen LogP contribution is 2.46. The monoisotopic (exact) mass is 633 g/mol. The van der Waals surface area contributed by atoms with Gasteiger partial charge in [-0.3, -0.25) is 4.90 Å². The number of nitrogens with zero attached hydrogens (tertiary/aromatic N) is 5. The summed E-state index contributed by atoms with van der Waals surface area (Å²) in [6.07, 6.45) is 3.35. The first-order valence-electron chi connectivity index (χ1n) is 14.9. The maximum Gasteiger partial charge on any atom is 0.324 e. The first kappa shape index (κ1) is 28.0. The van der Waals surface area contributed by atoms with E-state index in [9.17, 15) is 14.0 Å². The van der Waals surface area contributed by atoms with Crippen molar-refractivity contribution in [2.75, 3.05) is 36.8 Å². The van der Waals surface area contributed by atoms with Crippen molar-refractivity contribution in [3.63, 3.8) is 0 Å². The van der Waals surface area contributed by atoms with Crippen molar-refractivity contribution in [3.8, 4) is 23.2 Å². The molecule has 0 saturated carbocycles. The second kappa shape index (κ2) is 10.2. The minimum Gasteiger partial charge on any atom is -0.427 e. The number of rotatable bonds is 5. The fraction of sp³-hybridized carbons (Fsp3) is 0.406. The lowest BCUT2D eigenvalue weighted by Gasteiger charge is -2.35. The maximum absolute atomic E-state index is 14.8. The summed E-state index contributed by atoms with van der Waals surface area (Å²) in [6.45, 7) is 7.01. The number of hydrogen-bond donors (Lipinski definition) is 2. The minimum atomic E-state index is -0.929. The third kappa shape index (κ3) is 4.26. The summed E-state index contributed by atoms with van der Waals surface area (Å²) in [4.78, 5) is 14.1. The first-order valence-corrected chi connectivity index (χ1v) is 16.1.